The average Bonchev–Trinajstić information content (AvgIpc) is 3.38. The van der Waals surface area contributed by atoms with Crippen LogP contribution >= 0.6 is 11.8 Å². The molecule has 1 aliphatic carbocycles. The maximum atomic E-state index is 5.24. The summed E-state index contributed by atoms with van der Waals surface area (Å²) in [4.78, 5) is 13.1. The van der Waals surface area contributed by atoms with Gasteiger partial charge in [0.15, 0.2) is 5.82 Å². The molecule has 0 bridgehead atoms. The molecule has 65 heavy (non-hydrogen) atoms. The zero-order valence-corrected chi connectivity index (χ0v) is 37.1. The summed E-state index contributed by atoms with van der Waals surface area (Å²) in [5, 5.41) is 0. The number of aromatic nitrogens is 2. The fourth-order valence-corrected chi connectivity index (χ4v) is 11.6. The summed E-state index contributed by atoms with van der Waals surface area (Å²) in [6, 6.07) is 83.8. The molecule has 1 spiro atoms. The average molecular weight is 849 g/mol. The minimum absolute atomic E-state index is 0.228. The Bertz CT molecular complexity index is 3240. The quantitative estimate of drug-likeness (QED) is 0.167. The predicted octanol–water partition coefficient (Wildman–Crippen LogP) is 16.0. The standard InChI is InChI=1S/C62H44N2S/c1-61(2)50-19-9-10-20-51(50)62(53-21-11-13-23-58(53)65-59-24-14-12-22-54(59)62)52-38-37-49(39-55(52)61)45-27-33-47(34-28-45)57-40-56(46-31-25-43(26-32-46)41-15-5-3-6-16-41)63-60(64-57)48-35-29-44(30-36-48)42-17-7-4-8-18-42/h3-40H,1-2H3. The topological polar surface area (TPSA) is 25.8 Å². The second-order valence-electron chi connectivity index (χ2n) is 17.7. The smallest absolute Gasteiger partial charge is 0.160 e. The zero-order valence-electron chi connectivity index (χ0n) is 36.2. The molecule has 1 aliphatic heterocycles. The highest BCUT2D eigenvalue weighted by molar-refractivity contribution is 7.99. The van der Waals surface area contributed by atoms with Gasteiger partial charge in [-0.2, -0.15) is 0 Å². The Hall–Kier alpha value is -7.59. The molecule has 0 radical (unpaired) electrons. The number of hydrogen-bond acceptors (Lipinski definition) is 3. The summed E-state index contributed by atoms with van der Waals surface area (Å²) in [6.07, 6.45) is 0. The van der Waals surface area contributed by atoms with Crippen molar-refractivity contribution in [3.63, 3.8) is 0 Å². The van der Waals surface area contributed by atoms with Crippen LogP contribution in [0.2, 0.25) is 0 Å². The van der Waals surface area contributed by atoms with E-state index in [2.05, 4.69) is 238 Å². The molecule has 10 aromatic rings. The van der Waals surface area contributed by atoms with Crippen LogP contribution in [0.4, 0.5) is 0 Å². The third kappa shape index (κ3) is 6.49. The third-order valence-electron chi connectivity index (χ3n) is 13.7. The van der Waals surface area contributed by atoms with Crippen molar-refractivity contribution in [1.82, 2.24) is 9.97 Å². The minimum Gasteiger partial charge on any atom is -0.228 e. The zero-order chi connectivity index (χ0) is 43.5. The Labute approximate surface area is 385 Å². The minimum atomic E-state index is -0.436. The van der Waals surface area contributed by atoms with Gasteiger partial charge in [0.05, 0.1) is 16.8 Å². The SMILES string of the molecule is CC1(C)c2ccccc2C2(c3ccccc3Sc3ccccc32)c2ccc(-c3ccc(-c4cc(-c5ccc(-c6ccccc6)cc5)nc(-c5ccc(-c6ccccc6)cc5)n4)cc3)cc21. The molecule has 2 heterocycles. The summed E-state index contributed by atoms with van der Waals surface area (Å²) in [7, 11) is 0. The van der Waals surface area contributed by atoms with Crippen LogP contribution in [0, 0.1) is 0 Å². The van der Waals surface area contributed by atoms with Gasteiger partial charge in [-0.3, -0.25) is 0 Å². The molecule has 2 nitrogen and oxygen atoms in total. The van der Waals surface area contributed by atoms with Crippen molar-refractivity contribution in [2.24, 2.45) is 0 Å². The van der Waals surface area contributed by atoms with Gasteiger partial charge in [-0.25, -0.2) is 9.97 Å². The van der Waals surface area contributed by atoms with Crippen molar-refractivity contribution in [2.45, 2.75) is 34.5 Å². The van der Waals surface area contributed by atoms with Gasteiger partial charge in [-0.1, -0.05) is 232 Å². The van der Waals surface area contributed by atoms with Crippen LogP contribution < -0.4 is 0 Å². The van der Waals surface area contributed by atoms with Crippen LogP contribution in [-0.2, 0) is 10.8 Å². The lowest BCUT2D eigenvalue weighted by atomic mass is 9.54. The first-order valence-electron chi connectivity index (χ1n) is 22.4. The van der Waals surface area contributed by atoms with Gasteiger partial charge in [0.2, 0.25) is 0 Å². The largest absolute Gasteiger partial charge is 0.228 e. The maximum absolute atomic E-state index is 5.24. The molecule has 0 amide bonds. The van der Waals surface area contributed by atoms with Crippen LogP contribution in [0.5, 0.6) is 0 Å². The van der Waals surface area contributed by atoms with Gasteiger partial charge in [-0.15, -0.1) is 0 Å². The molecule has 0 fully saturated rings. The molecule has 0 atom stereocenters. The maximum Gasteiger partial charge on any atom is 0.160 e. The van der Waals surface area contributed by atoms with Crippen LogP contribution in [-0.4, -0.2) is 9.97 Å². The molecule has 2 aliphatic rings. The third-order valence-corrected chi connectivity index (χ3v) is 14.8. The number of hydrogen-bond donors (Lipinski definition) is 0. The van der Waals surface area contributed by atoms with Gasteiger partial charge >= 0.3 is 0 Å². The molecule has 1 aromatic heterocycles. The van der Waals surface area contributed by atoms with E-state index < -0.39 is 5.41 Å². The van der Waals surface area contributed by atoms with Crippen molar-refractivity contribution in [2.75, 3.05) is 0 Å². The molecule has 9 aromatic carbocycles. The van der Waals surface area contributed by atoms with Crippen molar-refractivity contribution < 1.29 is 0 Å². The summed E-state index contributed by atoms with van der Waals surface area (Å²) in [6.45, 7) is 4.79. The Balaban J connectivity index is 0.954. The van der Waals surface area contributed by atoms with Crippen LogP contribution in [0.3, 0.4) is 0 Å². The molecule has 0 N–H and O–H groups in total. The summed E-state index contributed by atoms with van der Waals surface area (Å²) < 4.78 is 0. The lowest BCUT2D eigenvalue weighted by Gasteiger charge is -2.50. The first kappa shape index (κ1) is 39.0. The lowest BCUT2D eigenvalue weighted by Crippen LogP contribution is -2.43. The first-order valence-corrected chi connectivity index (χ1v) is 23.2. The lowest BCUT2D eigenvalue weighted by molar-refractivity contribution is 0.549. The van der Waals surface area contributed by atoms with Gasteiger partial charge in [-0.05, 0) is 91.0 Å². The number of rotatable bonds is 6. The van der Waals surface area contributed by atoms with E-state index in [9.17, 15) is 0 Å². The fourth-order valence-electron chi connectivity index (χ4n) is 10.4. The fraction of sp³-hybridized carbons (Fsp3) is 0.0645. The Morgan fingerprint density at radius 2 is 0.662 bits per heavy atom. The molecule has 3 heteroatoms. The second kappa shape index (κ2) is 15.6. The second-order valence-corrected chi connectivity index (χ2v) is 18.8. The van der Waals surface area contributed by atoms with Gasteiger partial charge in [0, 0.05) is 31.9 Å². The number of benzene rings is 9. The Morgan fingerprint density at radius 3 is 1.18 bits per heavy atom. The van der Waals surface area contributed by atoms with E-state index in [1.807, 2.05) is 17.8 Å². The summed E-state index contributed by atoms with van der Waals surface area (Å²) in [5.41, 5.74) is 19.4. The summed E-state index contributed by atoms with van der Waals surface area (Å²) >= 11 is 1.89. The predicted molar refractivity (Wildman–Crippen MR) is 269 cm³/mol. The summed E-state index contributed by atoms with van der Waals surface area (Å²) in [5.74, 6) is 0.698. The molecule has 0 saturated carbocycles. The van der Waals surface area contributed by atoms with Crippen molar-refractivity contribution in [3.8, 4) is 67.3 Å². The van der Waals surface area contributed by atoms with E-state index in [-0.39, 0.29) is 5.41 Å². The van der Waals surface area contributed by atoms with E-state index in [1.165, 1.54) is 71.0 Å². The van der Waals surface area contributed by atoms with Crippen LogP contribution in [0.1, 0.15) is 47.2 Å². The first-order chi connectivity index (χ1) is 31.9. The van der Waals surface area contributed by atoms with Crippen molar-refractivity contribution in [3.05, 3.63) is 264 Å². The van der Waals surface area contributed by atoms with E-state index in [4.69, 9.17) is 9.97 Å². The van der Waals surface area contributed by atoms with Crippen LogP contribution in [0.25, 0.3) is 67.3 Å². The molecule has 0 unspecified atom stereocenters. The number of fused-ring (bicyclic) bond motifs is 8. The van der Waals surface area contributed by atoms with E-state index in [0.717, 1.165) is 33.6 Å². The van der Waals surface area contributed by atoms with Gasteiger partial charge < -0.3 is 0 Å². The molecule has 0 saturated heterocycles. The van der Waals surface area contributed by atoms with Gasteiger partial charge in [0.25, 0.3) is 0 Å². The molecular weight excluding hydrogens is 805 g/mol. The van der Waals surface area contributed by atoms with E-state index in [1.54, 1.807) is 0 Å². The highest BCUT2D eigenvalue weighted by atomic mass is 32.2. The molecule has 12 rings (SSSR count). The molecule has 308 valence electrons. The Kier molecular flexibility index (Phi) is 9.36. The monoisotopic (exact) mass is 848 g/mol. The Morgan fingerprint density at radius 1 is 0.292 bits per heavy atom. The molecular formula is C62H44N2S. The highest BCUT2D eigenvalue weighted by Crippen LogP contribution is 2.61. The van der Waals surface area contributed by atoms with E-state index >= 15 is 0 Å². The highest BCUT2D eigenvalue weighted by Gasteiger charge is 2.52. The van der Waals surface area contributed by atoms with Crippen LogP contribution in [0.15, 0.2) is 240 Å². The van der Waals surface area contributed by atoms with Gasteiger partial charge in [0.1, 0.15) is 0 Å². The number of nitrogens with zero attached hydrogens (tertiary/aromatic N) is 2. The van der Waals surface area contributed by atoms with Crippen molar-refractivity contribution in [1.29, 1.82) is 0 Å². The van der Waals surface area contributed by atoms with Crippen molar-refractivity contribution >= 4 is 11.8 Å². The normalized spacial score (nSPS) is 13.9. The van der Waals surface area contributed by atoms with E-state index in [0.29, 0.717) is 5.82 Å².